The maximum absolute atomic E-state index is 11.8. The van der Waals surface area contributed by atoms with Gasteiger partial charge in [-0.25, -0.2) is 0 Å². The molecule has 1 saturated carbocycles. The summed E-state index contributed by atoms with van der Waals surface area (Å²) in [6, 6.07) is 0. The number of carbonyl (C=O) groups excluding carboxylic acids is 1. The Kier molecular flexibility index (Phi) is 5.87. The summed E-state index contributed by atoms with van der Waals surface area (Å²) in [5.74, 6) is -0.354. The number of esters is 1. The van der Waals surface area contributed by atoms with E-state index in [1.807, 2.05) is 0 Å². The number of rotatable bonds is 5. The van der Waals surface area contributed by atoms with Crippen molar-refractivity contribution in [3.05, 3.63) is 0 Å². The number of ether oxygens (including phenoxy) is 3. The summed E-state index contributed by atoms with van der Waals surface area (Å²) >= 11 is 0. The number of hydrogen-bond donors (Lipinski definition) is 0. The third kappa shape index (κ3) is 5.68. The molecular formula is C11H17F3O4. The van der Waals surface area contributed by atoms with Gasteiger partial charge in [0.05, 0.1) is 19.1 Å². The highest BCUT2D eigenvalue weighted by Crippen LogP contribution is 2.27. The Morgan fingerprint density at radius 1 is 1.22 bits per heavy atom. The molecule has 0 unspecified atom stereocenters. The van der Waals surface area contributed by atoms with Gasteiger partial charge in [0.1, 0.15) is 13.4 Å². The zero-order valence-electron chi connectivity index (χ0n) is 10.2. The first-order valence-corrected chi connectivity index (χ1v) is 5.76. The normalized spacial score (nSPS) is 24.9. The first-order valence-electron chi connectivity index (χ1n) is 5.76. The fourth-order valence-corrected chi connectivity index (χ4v) is 1.93. The lowest BCUT2D eigenvalue weighted by molar-refractivity contribution is -0.205. The predicted octanol–water partition coefficient (Wildman–Crippen LogP) is 2.27. The molecule has 0 saturated heterocycles. The zero-order valence-corrected chi connectivity index (χ0v) is 10.2. The average molecular weight is 270 g/mol. The second-order valence-corrected chi connectivity index (χ2v) is 4.24. The predicted molar refractivity (Wildman–Crippen MR) is 55.7 cm³/mol. The van der Waals surface area contributed by atoms with Crippen molar-refractivity contribution in [2.24, 2.45) is 5.92 Å². The fraction of sp³-hybridized carbons (Fsp3) is 0.909. The van der Waals surface area contributed by atoms with Crippen LogP contribution in [0.15, 0.2) is 0 Å². The van der Waals surface area contributed by atoms with Crippen molar-refractivity contribution in [1.29, 1.82) is 0 Å². The largest absolute Gasteiger partial charge is 0.469 e. The highest BCUT2D eigenvalue weighted by Gasteiger charge is 2.29. The van der Waals surface area contributed by atoms with E-state index in [0.29, 0.717) is 25.7 Å². The summed E-state index contributed by atoms with van der Waals surface area (Å²) in [4.78, 5) is 11.2. The summed E-state index contributed by atoms with van der Waals surface area (Å²) in [5, 5.41) is 0. The molecule has 0 spiro atoms. The van der Waals surface area contributed by atoms with Gasteiger partial charge in [-0.2, -0.15) is 13.2 Å². The third-order valence-corrected chi connectivity index (χ3v) is 2.86. The van der Waals surface area contributed by atoms with Gasteiger partial charge in [0.25, 0.3) is 0 Å². The van der Waals surface area contributed by atoms with Gasteiger partial charge in [-0.05, 0) is 25.7 Å². The van der Waals surface area contributed by atoms with Crippen LogP contribution >= 0.6 is 0 Å². The molecule has 0 N–H and O–H groups in total. The van der Waals surface area contributed by atoms with Gasteiger partial charge in [-0.3, -0.25) is 4.79 Å². The Hall–Kier alpha value is -0.820. The summed E-state index contributed by atoms with van der Waals surface area (Å²) in [6.07, 6.45) is -1.93. The van der Waals surface area contributed by atoms with Crippen LogP contribution in [-0.2, 0) is 19.0 Å². The molecule has 0 heterocycles. The van der Waals surface area contributed by atoms with E-state index in [4.69, 9.17) is 4.74 Å². The molecular weight excluding hydrogens is 253 g/mol. The van der Waals surface area contributed by atoms with E-state index in [9.17, 15) is 18.0 Å². The third-order valence-electron chi connectivity index (χ3n) is 2.86. The van der Waals surface area contributed by atoms with Crippen molar-refractivity contribution in [3.8, 4) is 0 Å². The Morgan fingerprint density at radius 3 is 2.33 bits per heavy atom. The second kappa shape index (κ2) is 6.94. The fourth-order valence-electron chi connectivity index (χ4n) is 1.93. The smallest absolute Gasteiger partial charge is 0.411 e. The standard InChI is InChI=1S/C11H17F3O4/c1-16-10(15)8-2-4-9(5-3-8)18-7-17-6-11(12,13)14/h8-9H,2-7H2,1H3. The van der Waals surface area contributed by atoms with E-state index in [0.717, 1.165) is 0 Å². The lowest BCUT2D eigenvalue weighted by Gasteiger charge is -2.26. The molecule has 1 fully saturated rings. The van der Waals surface area contributed by atoms with E-state index >= 15 is 0 Å². The molecule has 0 amide bonds. The molecule has 0 bridgehead atoms. The van der Waals surface area contributed by atoms with Gasteiger partial charge in [-0.1, -0.05) is 0 Å². The molecule has 0 aromatic carbocycles. The van der Waals surface area contributed by atoms with Crippen LogP contribution < -0.4 is 0 Å². The number of methoxy groups -OCH3 is 1. The van der Waals surface area contributed by atoms with Crippen LogP contribution in [0.3, 0.4) is 0 Å². The molecule has 1 aliphatic carbocycles. The number of halogens is 3. The Bertz CT molecular complexity index is 260. The van der Waals surface area contributed by atoms with Crippen LogP contribution in [0.5, 0.6) is 0 Å². The van der Waals surface area contributed by atoms with E-state index in [1.165, 1.54) is 7.11 Å². The van der Waals surface area contributed by atoms with Crippen LogP contribution in [0.4, 0.5) is 13.2 Å². The van der Waals surface area contributed by atoms with Crippen molar-refractivity contribution in [3.63, 3.8) is 0 Å². The topological polar surface area (TPSA) is 44.8 Å². The van der Waals surface area contributed by atoms with Crippen molar-refractivity contribution in [2.75, 3.05) is 20.5 Å². The number of hydrogen-bond acceptors (Lipinski definition) is 4. The summed E-state index contributed by atoms with van der Waals surface area (Å²) in [6.45, 7) is -1.67. The Labute approximate surface area is 103 Å². The van der Waals surface area contributed by atoms with Crippen LogP contribution in [0.1, 0.15) is 25.7 Å². The van der Waals surface area contributed by atoms with Crippen LogP contribution in [0.2, 0.25) is 0 Å². The minimum absolute atomic E-state index is 0.119. The first kappa shape index (κ1) is 15.2. The minimum atomic E-state index is -4.33. The van der Waals surface area contributed by atoms with Crippen molar-refractivity contribution >= 4 is 5.97 Å². The van der Waals surface area contributed by atoms with E-state index in [2.05, 4.69) is 9.47 Å². The van der Waals surface area contributed by atoms with Gasteiger partial charge < -0.3 is 14.2 Å². The molecule has 1 aliphatic rings. The van der Waals surface area contributed by atoms with Gasteiger partial charge in [0, 0.05) is 0 Å². The van der Waals surface area contributed by atoms with E-state index < -0.39 is 12.8 Å². The second-order valence-electron chi connectivity index (χ2n) is 4.24. The molecule has 106 valence electrons. The lowest BCUT2D eigenvalue weighted by atomic mass is 9.87. The molecule has 0 aliphatic heterocycles. The first-order chi connectivity index (χ1) is 8.42. The minimum Gasteiger partial charge on any atom is -0.469 e. The highest BCUT2D eigenvalue weighted by molar-refractivity contribution is 5.72. The molecule has 7 heteroatoms. The number of carbonyl (C=O) groups is 1. The maximum atomic E-state index is 11.8. The summed E-state index contributed by atoms with van der Waals surface area (Å²) in [7, 11) is 1.34. The molecule has 4 nitrogen and oxygen atoms in total. The van der Waals surface area contributed by atoms with Gasteiger partial charge in [-0.15, -0.1) is 0 Å². The molecule has 0 atom stereocenters. The van der Waals surface area contributed by atoms with Crippen LogP contribution in [0.25, 0.3) is 0 Å². The van der Waals surface area contributed by atoms with Crippen LogP contribution in [-0.4, -0.2) is 38.8 Å². The van der Waals surface area contributed by atoms with Gasteiger partial charge in [0.2, 0.25) is 0 Å². The highest BCUT2D eigenvalue weighted by atomic mass is 19.4. The summed E-state index contributed by atoms with van der Waals surface area (Å²) < 4.78 is 49.5. The SMILES string of the molecule is COC(=O)C1CCC(OCOCC(F)(F)F)CC1. The maximum Gasteiger partial charge on any atom is 0.411 e. The van der Waals surface area contributed by atoms with Gasteiger partial charge >= 0.3 is 12.1 Å². The van der Waals surface area contributed by atoms with E-state index in [1.54, 1.807) is 0 Å². The molecule has 0 aromatic heterocycles. The van der Waals surface area contributed by atoms with Gasteiger partial charge in [0.15, 0.2) is 0 Å². The van der Waals surface area contributed by atoms with Crippen molar-refractivity contribution in [2.45, 2.75) is 38.0 Å². The molecule has 0 radical (unpaired) electrons. The average Bonchev–Trinajstić information content (AvgIpc) is 2.33. The molecule has 1 rings (SSSR count). The zero-order chi connectivity index (χ0) is 13.6. The molecule has 18 heavy (non-hydrogen) atoms. The molecule has 0 aromatic rings. The quantitative estimate of drug-likeness (QED) is 0.437. The van der Waals surface area contributed by atoms with Crippen LogP contribution in [0, 0.1) is 5.92 Å². The Balaban J connectivity index is 2.11. The number of alkyl halides is 3. The Morgan fingerprint density at radius 2 is 1.83 bits per heavy atom. The monoisotopic (exact) mass is 270 g/mol. The van der Waals surface area contributed by atoms with E-state index in [-0.39, 0.29) is 24.8 Å². The lowest BCUT2D eigenvalue weighted by Crippen LogP contribution is -2.28. The summed E-state index contributed by atoms with van der Waals surface area (Å²) in [5.41, 5.74) is 0. The van der Waals surface area contributed by atoms with Crippen molar-refractivity contribution < 1.29 is 32.2 Å². The van der Waals surface area contributed by atoms with Crippen molar-refractivity contribution in [1.82, 2.24) is 0 Å².